The number of esters is 1. The summed E-state index contributed by atoms with van der Waals surface area (Å²) in [4.78, 5) is 15.2. The van der Waals surface area contributed by atoms with Crippen molar-refractivity contribution in [2.45, 2.75) is 27.7 Å². The van der Waals surface area contributed by atoms with Crippen LogP contribution in [0.1, 0.15) is 27.7 Å². The van der Waals surface area contributed by atoms with Crippen molar-refractivity contribution in [2.75, 3.05) is 13.7 Å². The van der Waals surface area contributed by atoms with Crippen molar-refractivity contribution in [1.29, 1.82) is 0 Å². The number of carbonyl (C=O) groups is 1. The Labute approximate surface area is 73.5 Å². The maximum absolute atomic E-state index is 10.6. The van der Waals surface area contributed by atoms with Gasteiger partial charge >= 0.3 is 5.97 Å². The lowest BCUT2D eigenvalue weighted by Crippen LogP contribution is -2.12. The molecule has 0 radical (unpaired) electrons. The second-order valence-electron chi connectivity index (χ2n) is 1.59. The van der Waals surface area contributed by atoms with E-state index in [1.54, 1.807) is 6.92 Å². The van der Waals surface area contributed by atoms with Crippen LogP contribution in [0.5, 0.6) is 0 Å². The molecule has 0 N–H and O–H groups in total. The van der Waals surface area contributed by atoms with E-state index in [2.05, 4.69) is 14.7 Å². The Balaban J connectivity index is 0. The van der Waals surface area contributed by atoms with Crippen LogP contribution in [0.15, 0.2) is 5.16 Å². The van der Waals surface area contributed by atoms with Gasteiger partial charge in [0.1, 0.15) is 6.61 Å². The first-order valence-corrected chi connectivity index (χ1v) is 3.97. The van der Waals surface area contributed by atoms with Crippen molar-refractivity contribution in [1.82, 2.24) is 0 Å². The van der Waals surface area contributed by atoms with Crippen LogP contribution in [-0.2, 0) is 14.4 Å². The first kappa shape index (κ1) is 13.5. The fraction of sp³-hybridized carbons (Fsp3) is 0.750. The summed E-state index contributed by atoms with van der Waals surface area (Å²) < 4.78 is 4.36. The van der Waals surface area contributed by atoms with Crippen molar-refractivity contribution in [3.8, 4) is 0 Å². The second kappa shape index (κ2) is 9.94. The molecule has 0 saturated carbocycles. The van der Waals surface area contributed by atoms with Gasteiger partial charge in [-0.15, -0.1) is 0 Å². The molecular formula is C8H17NO3. The third kappa shape index (κ3) is 7.05. The zero-order valence-electron chi connectivity index (χ0n) is 8.38. The summed E-state index contributed by atoms with van der Waals surface area (Å²) in [5.74, 6) is -0.464. The highest BCUT2D eigenvalue weighted by Gasteiger charge is 2.03. The summed E-state index contributed by atoms with van der Waals surface area (Å²) in [5, 5.41) is 3.46. The van der Waals surface area contributed by atoms with Crippen LogP contribution in [0, 0.1) is 0 Å². The van der Waals surface area contributed by atoms with Crippen molar-refractivity contribution in [2.24, 2.45) is 5.16 Å². The smallest absolute Gasteiger partial charge is 0.355 e. The van der Waals surface area contributed by atoms with E-state index in [1.165, 1.54) is 14.0 Å². The minimum absolute atomic E-state index is 0.226. The molecule has 12 heavy (non-hydrogen) atoms. The standard InChI is InChI=1S/C6H11NO3.C2H6/c1-4-10-7-5(2)6(8)9-3;1-2/h4H2,1-3H3;1-2H3/b7-5-;. The molecule has 4 nitrogen and oxygen atoms in total. The number of methoxy groups -OCH3 is 1. The molecule has 0 aliphatic heterocycles. The average molecular weight is 175 g/mol. The Bertz CT molecular complexity index is 143. The van der Waals surface area contributed by atoms with Crippen molar-refractivity contribution in [3.63, 3.8) is 0 Å². The summed E-state index contributed by atoms with van der Waals surface area (Å²) in [5.41, 5.74) is 0.226. The summed E-state index contributed by atoms with van der Waals surface area (Å²) in [6.07, 6.45) is 0. The number of hydrogen-bond donors (Lipinski definition) is 0. The molecule has 0 atom stereocenters. The van der Waals surface area contributed by atoms with E-state index in [0.717, 1.165) is 0 Å². The Morgan fingerprint density at radius 3 is 2.25 bits per heavy atom. The van der Waals surface area contributed by atoms with E-state index in [-0.39, 0.29) is 5.71 Å². The van der Waals surface area contributed by atoms with Gasteiger partial charge < -0.3 is 9.57 Å². The van der Waals surface area contributed by atoms with Gasteiger partial charge in [-0.05, 0) is 13.8 Å². The van der Waals surface area contributed by atoms with E-state index in [1.807, 2.05) is 13.8 Å². The average Bonchev–Trinajstić information content (AvgIpc) is 2.16. The van der Waals surface area contributed by atoms with Crippen molar-refractivity contribution >= 4 is 11.7 Å². The van der Waals surface area contributed by atoms with Crippen LogP contribution in [0.4, 0.5) is 0 Å². The molecule has 0 aliphatic rings. The summed E-state index contributed by atoms with van der Waals surface area (Å²) in [6.45, 7) is 7.77. The van der Waals surface area contributed by atoms with E-state index in [0.29, 0.717) is 6.61 Å². The highest BCUT2D eigenvalue weighted by molar-refractivity contribution is 6.35. The van der Waals surface area contributed by atoms with Gasteiger partial charge in [0, 0.05) is 0 Å². The predicted octanol–water partition coefficient (Wildman–Crippen LogP) is 1.60. The quantitative estimate of drug-likeness (QED) is 0.372. The lowest BCUT2D eigenvalue weighted by molar-refractivity contribution is -0.132. The monoisotopic (exact) mass is 175 g/mol. The lowest BCUT2D eigenvalue weighted by Gasteiger charge is -1.96. The van der Waals surface area contributed by atoms with Gasteiger partial charge in [0.2, 0.25) is 0 Å². The maximum atomic E-state index is 10.6. The van der Waals surface area contributed by atoms with Crippen molar-refractivity contribution in [3.05, 3.63) is 0 Å². The molecule has 0 heterocycles. The molecule has 0 spiro atoms. The van der Waals surface area contributed by atoms with Crippen LogP contribution in [0.25, 0.3) is 0 Å². The lowest BCUT2D eigenvalue weighted by atomic mass is 10.4. The SMILES string of the molecule is CC.CCO/N=C(/C)C(=O)OC. The molecule has 0 rings (SSSR count). The van der Waals surface area contributed by atoms with Crippen LogP contribution < -0.4 is 0 Å². The Kier molecular flexibility index (Phi) is 11.2. The zero-order chi connectivity index (χ0) is 9.98. The van der Waals surface area contributed by atoms with E-state index in [4.69, 9.17) is 0 Å². The summed E-state index contributed by atoms with van der Waals surface area (Å²) >= 11 is 0. The largest absolute Gasteiger partial charge is 0.464 e. The zero-order valence-corrected chi connectivity index (χ0v) is 8.38. The third-order valence-electron chi connectivity index (χ3n) is 0.811. The number of oxime groups is 1. The molecule has 0 fully saturated rings. The molecule has 0 aromatic rings. The Morgan fingerprint density at radius 1 is 1.42 bits per heavy atom. The van der Waals surface area contributed by atoms with E-state index < -0.39 is 5.97 Å². The van der Waals surface area contributed by atoms with Gasteiger partial charge in [-0.2, -0.15) is 0 Å². The predicted molar refractivity (Wildman–Crippen MR) is 48.1 cm³/mol. The van der Waals surface area contributed by atoms with Gasteiger partial charge in [-0.25, -0.2) is 4.79 Å². The first-order valence-electron chi connectivity index (χ1n) is 3.97. The van der Waals surface area contributed by atoms with Gasteiger partial charge in [-0.3, -0.25) is 0 Å². The Hall–Kier alpha value is -1.06. The van der Waals surface area contributed by atoms with Crippen LogP contribution in [-0.4, -0.2) is 25.4 Å². The fourth-order valence-electron chi connectivity index (χ4n) is 0.346. The highest BCUT2D eigenvalue weighted by Crippen LogP contribution is 1.83. The first-order chi connectivity index (χ1) is 5.72. The number of rotatable bonds is 3. The van der Waals surface area contributed by atoms with Crippen LogP contribution in [0.3, 0.4) is 0 Å². The molecule has 0 unspecified atom stereocenters. The minimum atomic E-state index is -0.464. The number of ether oxygens (including phenoxy) is 1. The Morgan fingerprint density at radius 2 is 1.92 bits per heavy atom. The number of carbonyl (C=O) groups excluding carboxylic acids is 1. The molecule has 0 aromatic carbocycles. The highest BCUT2D eigenvalue weighted by atomic mass is 16.6. The summed E-state index contributed by atoms with van der Waals surface area (Å²) in [7, 11) is 1.30. The normalized spacial score (nSPS) is 9.58. The molecule has 0 aliphatic carbocycles. The van der Waals surface area contributed by atoms with Gasteiger partial charge in [0.15, 0.2) is 5.71 Å². The molecule has 0 aromatic heterocycles. The second-order valence-corrected chi connectivity index (χ2v) is 1.59. The number of hydrogen-bond acceptors (Lipinski definition) is 4. The fourth-order valence-corrected chi connectivity index (χ4v) is 0.346. The molecule has 0 amide bonds. The van der Waals surface area contributed by atoms with Gasteiger partial charge in [-0.1, -0.05) is 19.0 Å². The molecule has 4 heteroatoms. The minimum Gasteiger partial charge on any atom is -0.464 e. The van der Waals surface area contributed by atoms with Crippen LogP contribution in [0.2, 0.25) is 0 Å². The summed E-state index contributed by atoms with van der Waals surface area (Å²) in [6, 6.07) is 0. The van der Waals surface area contributed by atoms with Crippen molar-refractivity contribution < 1.29 is 14.4 Å². The topological polar surface area (TPSA) is 47.9 Å². The van der Waals surface area contributed by atoms with Crippen LogP contribution >= 0.6 is 0 Å². The van der Waals surface area contributed by atoms with Gasteiger partial charge in [0.05, 0.1) is 7.11 Å². The number of nitrogens with zero attached hydrogens (tertiary/aromatic N) is 1. The molecular weight excluding hydrogens is 158 g/mol. The van der Waals surface area contributed by atoms with Gasteiger partial charge in [0.25, 0.3) is 0 Å². The molecule has 0 bridgehead atoms. The third-order valence-corrected chi connectivity index (χ3v) is 0.811. The maximum Gasteiger partial charge on any atom is 0.355 e. The molecule has 72 valence electrons. The molecule has 0 saturated heterocycles. The van der Waals surface area contributed by atoms with E-state index >= 15 is 0 Å². The van der Waals surface area contributed by atoms with E-state index in [9.17, 15) is 4.79 Å².